The fourth-order valence-corrected chi connectivity index (χ4v) is 1.45. The molecular formula is C11H11F3N4O3. The van der Waals surface area contributed by atoms with Crippen molar-refractivity contribution in [3.8, 4) is 0 Å². The van der Waals surface area contributed by atoms with Gasteiger partial charge in [0.05, 0.1) is 18.2 Å². The van der Waals surface area contributed by atoms with Crippen molar-refractivity contribution >= 4 is 17.8 Å². The Kier molecular flexibility index (Phi) is 4.74. The summed E-state index contributed by atoms with van der Waals surface area (Å²) >= 11 is 0. The van der Waals surface area contributed by atoms with Crippen LogP contribution in [0.4, 0.5) is 13.2 Å². The third-order valence-corrected chi connectivity index (χ3v) is 2.36. The molecule has 21 heavy (non-hydrogen) atoms. The maximum atomic E-state index is 12.9. The molecular weight excluding hydrogens is 293 g/mol. The minimum atomic E-state index is -4.73. The number of aliphatic imine (C=N–C) groups is 1. The van der Waals surface area contributed by atoms with Gasteiger partial charge in [-0.3, -0.25) is 0 Å². The third-order valence-electron chi connectivity index (χ3n) is 2.36. The van der Waals surface area contributed by atoms with E-state index in [1.54, 1.807) is 0 Å². The minimum absolute atomic E-state index is 0.154. The molecule has 0 aliphatic heterocycles. The molecule has 0 fully saturated rings. The predicted molar refractivity (Wildman–Crippen MR) is 66.9 cm³/mol. The van der Waals surface area contributed by atoms with Crippen LogP contribution < -0.4 is 11.5 Å². The molecule has 0 bridgehead atoms. The molecule has 7 nitrogen and oxygen atoms in total. The second kappa shape index (κ2) is 6.11. The van der Waals surface area contributed by atoms with Crippen LogP contribution in [0.3, 0.4) is 0 Å². The highest BCUT2D eigenvalue weighted by Crippen LogP contribution is 2.32. The Morgan fingerprint density at radius 2 is 1.95 bits per heavy atom. The van der Waals surface area contributed by atoms with E-state index in [1.807, 2.05) is 0 Å². The Bertz CT molecular complexity index is 611. The average Bonchev–Trinajstić information content (AvgIpc) is 2.44. The molecule has 0 spiro atoms. The first-order valence-corrected chi connectivity index (χ1v) is 5.32. The van der Waals surface area contributed by atoms with Crippen molar-refractivity contribution in [2.75, 3.05) is 7.11 Å². The number of nitrogens with two attached hydrogens (primary N) is 2. The topological polar surface area (TPSA) is 123 Å². The van der Waals surface area contributed by atoms with Gasteiger partial charge in [0.25, 0.3) is 5.96 Å². The lowest BCUT2D eigenvalue weighted by molar-refractivity contribution is -0.137. The van der Waals surface area contributed by atoms with E-state index in [-0.39, 0.29) is 5.56 Å². The Morgan fingerprint density at radius 1 is 1.33 bits per heavy atom. The smallest absolute Gasteiger partial charge is 0.417 e. The molecule has 0 saturated carbocycles. The molecule has 0 heterocycles. The number of oxime groups is 1. The summed E-state index contributed by atoms with van der Waals surface area (Å²) < 4.78 is 43.1. The van der Waals surface area contributed by atoms with Crippen LogP contribution >= 0.6 is 0 Å². The molecule has 0 aliphatic rings. The van der Waals surface area contributed by atoms with Crippen LogP contribution in [-0.4, -0.2) is 30.1 Å². The number of esters is 1. The van der Waals surface area contributed by atoms with E-state index < -0.39 is 35.1 Å². The molecule has 1 aromatic rings. The average molecular weight is 304 g/mol. The molecule has 114 valence electrons. The van der Waals surface area contributed by atoms with Gasteiger partial charge >= 0.3 is 12.1 Å². The van der Waals surface area contributed by atoms with Crippen molar-refractivity contribution in [2.45, 2.75) is 6.18 Å². The van der Waals surface area contributed by atoms with Crippen LogP contribution in [0.15, 0.2) is 28.3 Å². The molecule has 0 atom stereocenters. The van der Waals surface area contributed by atoms with E-state index in [9.17, 15) is 18.0 Å². The predicted octanol–water partition coefficient (Wildman–Crippen LogP) is 0.901. The Labute approximate surface area is 116 Å². The molecule has 0 aromatic heterocycles. The highest BCUT2D eigenvalue weighted by Gasteiger charge is 2.34. The lowest BCUT2D eigenvalue weighted by Crippen LogP contribution is -2.24. The van der Waals surface area contributed by atoms with Crippen LogP contribution in [0, 0.1) is 0 Å². The number of benzene rings is 1. The summed E-state index contributed by atoms with van der Waals surface area (Å²) in [5, 5.41) is 10.8. The third kappa shape index (κ3) is 3.84. The van der Waals surface area contributed by atoms with E-state index in [0.717, 1.165) is 19.2 Å². The monoisotopic (exact) mass is 304 g/mol. The number of ether oxygens (including phenoxy) is 1. The van der Waals surface area contributed by atoms with E-state index in [1.165, 1.54) is 0 Å². The summed E-state index contributed by atoms with van der Waals surface area (Å²) in [5.74, 6) is -2.24. The number of carbonyl (C=O) groups excluding carboxylic acids is 1. The molecule has 5 N–H and O–H groups in total. The maximum Gasteiger partial charge on any atom is 0.417 e. The van der Waals surface area contributed by atoms with Crippen molar-refractivity contribution in [2.24, 2.45) is 21.6 Å². The fraction of sp³-hybridized carbons (Fsp3) is 0.182. The van der Waals surface area contributed by atoms with Crippen molar-refractivity contribution in [1.29, 1.82) is 0 Å². The van der Waals surface area contributed by atoms with Crippen LogP contribution in [0.2, 0.25) is 0 Å². The molecule has 1 rings (SSSR count). The van der Waals surface area contributed by atoms with Gasteiger partial charge < -0.3 is 21.4 Å². The first-order chi connectivity index (χ1) is 9.70. The number of guanidine groups is 1. The van der Waals surface area contributed by atoms with Crippen molar-refractivity contribution < 1.29 is 27.9 Å². The first-order valence-electron chi connectivity index (χ1n) is 5.32. The SMILES string of the molecule is COC(=O)c1ccc(C(F)(F)F)c(C(N)=N/C(N)=N/O)c1. The van der Waals surface area contributed by atoms with Gasteiger partial charge in [-0.05, 0) is 23.4 Å². The normalized spacial score (nSPS) is 13.1. The van der Waals surface area contributed by atoms with E-state index in [4.69, 9.17) is 16.7 Å². The number of methoxy groups -OCH3 is 1. The number of hydrogen-bond acceptors (Lipinski definition) is 4. The summed E-state index contributed by atoms with van der Waals surface area (Å²) in [5.41, 5.74) is 8.60. The van der Waals surface area contributed by atoms with Crippen LogP contribution in [0.5, 0.6) is 0 Å². The quantitative estimate of drug-likeness (QED) is 0.246. The highest BCUT2D eigenvalue weighted by molar-refractivity contribution is 6.06. The molecule has 0 aliphatic carbocycles. The summed E-state index contributed by atoms with van der Waals surface area (Å²) in [6, 6.07) is 2.46. The molecule has 1 aromatic carbocycles. The lowest BCUT2D eigenvalue weighted by atomic mass is 10.0. The maximum absolute atomic E-state index is 12.9. The Morgan fingerprint density at radius 3 is 2.43 bits per heavy atom. The van der Waals surface area contributed by atoms with Gasteiger partial charge in [0.15, 0.2) is 0 Å². The Balaban J connectivity index is 3.50. The van der Waals surface area contributed by atoms with Gasteiger partial charge in [-0.25, -0.2) is 4.79 Å². The molecule has 0 radical (unpaired) electrons. The van der Waals surface area contributed by atoms with Gasteiger partial charge in [0, 0.05) is 5.56 Å². The van der Waals surface area contributed by atoms with Crippen LogP contribution in [0.25, 0.3) is 0 Å². The first kappa shape index (κ1) is 16.3. The largest absolute Gasteiger partial charge is 0.465 e. The van der Waals surface area contributed by atoms with Crippen LogP contribution in [-0.2, 0) is 10.9 Å². The zero-order valence-corrected chi connectivity index (χ0v) is 10.7. The number of amidine groups is 1. The summed E-state index contributed by atoms with van der Waals surface area (Å²) in [6.07, 6.45) is -4.73. The van der Waals surface area contributed by atoms with Gasteiger partial charge in [-0.2, -0.15) is 18.2 Å². The summed E-state index contributed by atoms with van der Waals surface area (Å²) in [7, 11) is 1.08. The summed E-state index contributed by atoms with van der Waals surface area (Å²) in [6.45, 7) is 0. The number of halogens is 3. The van der Waals surface area contributed by atoms with E-state index >= 15 is 0 Å². The standard InChI is InChI=1S/C11H11F3N4O3/c1-21-9(19)5-2-3-7(11(12,13)14)6(4-5)8(15)17-10(16)18-20/h2-4,20H,1H3,(H4,15,16,17,18). The van der Waals surface area contributed by atoms with Crippen LogP contribution in [0.1, 0.15) is 21.5 Å². The summed E-state index contributed by atoms with van der Waals surface area (Å²) in [4.78, 5) is 14.6. The number of carbonyl (C=O) groups is 1. The second-order valence-corrected chi connectivity index (χ2v) is 3.70. The zero-order valence-electron chi connectivity index (χ0n) is 10.7. The van der Waals surface area contributed by atoms with Crippen molar-refractivity contribution in [3.05, 3.63) is 34.9 Å². The van der Waals surface area contributed by atoms with E-state index in [2.05, 4.69) is 14.9 Å². The minimum Gasteiger partial charge on any atom is -0.465 e. The number of rotatable bonds is 2. The molecule has 0 amide bonds. The van der Waals surface area contributed by atoms with Crippen molar-refractivity contribution in [3.63, 3.8) is 0 Å². The zero-order chi connectivity index (χ0) is 16.2. The number of hydrogen-bond donors (Lipinski definition) is 3. The molecule has 10 heteroatoms. The van der Waals surface area contributed by atoms with Gasteiger partial charge in [0.1, 0.15) is 5.84 Å². The van der Waals surface area contributed by atoms with Gasteiger partial charge in [-0.15, -0.1) is 0 Å². The molecule has 0 unspecified atom stereocenters. The fourth-order valence-electron chi connectivity index (χ4n) is 1.45. The lowest BCUT2D eigenvalue weighted by Gasteiger charge is -2.13. The van der Waals surface area contributed by atoms with Crippen molar-refractivity contribution in [1.82, 2.24) is 0 Å². The van der Waals surface area contributed by atoms with Gasteiger partial charge in [0.2, 0.25) is 0 Å². The van der Waals surface area contributed by atoms with Gasteiger partial charge in [-0.1, -0.05) is 0 Å². The second-order valence-electron chi connectivity index (χ2n) is 3.70. The number of nitrogens with zero attached hydrogens (tertiary/aromatic N) is 2. The molecule has 0 saturated heterocycles. The number of alkyl halides is 3. The van der Waals surface area contributed by atoms with E-state index in [0.29, 0.717) is 6.07 Å². The highest BCUT2D eigenvalue weighted by atomic mass is 19.4. The Hall–Kier alpha value is -2.78.